The fourth-order valence-electron chi connectivity index (χ4n) is 1.19. The number of hydrogen-bond donors (Lipinski definition) is 0. The first-order chi connectivity index (χ1) is 6.65. The van der Waals surface area contributed by atoms with E-state index in [9.17, 15) is 4.39 Å². The predicted octanol–water partition coefficient (Wildman–Crippen LogP) is 4.08. The van der Waals surface area contributed by atoms with Crippen molar-refractivity contribution in [1.29, 1.82) is 0 Å². The molecule has 0 amide bonds. The van der Waals surface area contributed by atoms with E-state index < -0.39 is 0 Å². The molecule has 0 fully saturated rings. The molecule has 0 aromatic heterocycles. The summed E-state index contributed by atoms with van der Waals surface area (Å²) in [7, 11) is 0. The highest BCUT2D eigenvalue weighted by molar-refractivity contribution is 9.10. The molecule has 0 radical (unpaired) electrons. The Morgan fingerprint density at radius 1 is 1.43 bits per heavy atom. The van der Waals surface area contributed by atoms with E-state index in [4.69, 9.17) is 4.74 Å². The first-order valence-corrected chi connectivity index (χ1v) is 5.53. The summed E-state index contributed by atoms with van der Waals surface area (Å²) in [5.41, 5.74) is 0.827. The quantitative estimate of drug-likeness (QED) is 0.742. The zero-order valence-electron chi connectivity index (χ0n) is 8.44. The monoisotopic (exact) mass is 260 g/mol. The van der Waals surface area contributed by atoms with Gasteiger partial charge in [0.2, 0.25) is 0 Å². The summed E-state index contributed by atoms with van der Waals surface area (Å²) < 4.78 is 19.1. The summed E-state index contributed by atoms with van der Waals surface area (Å²) >= 11 is 3.29. The molecule has 1 nitrogen and oxygen atoms in total. The Kier molecular flexibility index (Phi) is 4.39. The molecule has 0 aliphatic carbocycles. The third-order valence-electron chi connectivity index (χ3n) is 1.94. The van der Waals surface area contributed by atoms with E-state index in [-0.39, 0.29) is 5.82 Å². The predicted molar refractivity (Wildman–Crippen MR) is 59.2 cm³/mol. The highest BCUT2D eigenvalue weighted by Gasteiger charge is 2.06. The van der Waals surface area contributed by atoms with Crippen molar-refractivity contribution in [1.82, 2.24) is 0 Å². The molecule has 1 aromatic carbocycles. The van der Waals surface area contributed by atoms with Crippen LogP contribution in [0.3, 0.4) is 0 Å². The van der Waals surface area contributed by atoms with Crippen molar-refractivity contribution in [2.45, 2.75) is 26.7 Å². The Morgan fingerprint density at radius 3 is 2.71 bits per heavy atom. The second-order valence-electron chi connectivity index (χ2n) is 3.24. The van der Waals surface area contributed by atoms with E-state index in [1.165, 1.54) is 12.1 Å². The molecular weight excluding hydrogens is 247 g/mol. The van der Waals surface area contributed by atoms with Crippen LogP contribution >= 0.6 is 15.9 Å². The zero-order valence-corrected chi connectivity index (χ0v) is 10.0. The second-order valence-corrected chi connectivity index (χ2v) is 4.09. The minimum absolute atomic E-state index is 0.239. The Morgan fingerprint density at radius 2 is 2.14 bits per heavy atom. The van der Waals surface area contributed by atoms with Gasteiger partial charge in [-0.3, -0.25) is 0 Å². The van der Waals surface area contributed by atoms with Gasteiger partial charge in [0.05, 0.1) is 11.1 Å². The number of halogens is 2. The number of benzene rings is 1. The van der Waals surface area contributed by atoms with Crippen LogP contribution in [0.2, 0.25) is 0 Å². The first-order valence-electron chi connectivity index (χ1n) is 4.73. The molecule has 0 bridgehead atoms. The molecule has 78 valence electrons. The summed E-state index contributed by atoms with van der Waals surface area (Å²) in [5.74, 6) is 0.511. The average molecular weight is 261 g/mol. The highest BCUT2D eigenvalue weighted by Crippen LogP contribution is 2.29. The number of hydrogen-bond acceptors (Lipinski definition) is 1. The third kappa shape index (κ3) is 2.98. The summed E-state index contributed by atoms with van der Waals surface area (Å²) in [4.78, 5) is 0. The lowest BCUT2D eigenvalue weighted by Crippen LogP contribution is -1.99. The van der Waals surface area contributed by atoms with Crippen LogP contribution in [0.15, 0.2) is 16.6 Å². The van der Waals surface area contributed by atoms with Gasteiger partial charge in [0.15, 0.2) is 0 Å². The molecule has 1 aromatic rings. The molecule has 0 spiro atoms. The van der Waals surface area contributed by atoms with Gasteiger partial charge in [-0.05, 0) is 47.0 Å². The minimum atomic E-state index is -0.239. The minimum Gasteiger partial charge on any atom is -0.492 e. The maximum atomic E-state index is 12.9. The van der Waals surface area contributed by atoms with Crippen LogP contribution < -0.4 is 4.74 Å². The SMILES string of the molecule is CCCCOc1c(C)cc(F)cc1Br. The van der Waals surface area contributed by atoms with E-state index in [1.807, 2.05) is 6.92 Å². The molecule has 0 aliphatic rings. The molecule has 0 atom stereocenters. The van der Waals surface area contributed by atoms with Gasteiger partial charge < -0.3 is 4.74 Å². The van der Waals surface area contributed by atoms with E-state index in [1.54, 1.807) is 0 Å². The number of unbranched alkanes of at least 4 members (excludes halogenated alkanes) is 1. The zero-order chi connectivity index (χ0) is 10.6. The molecule has 0 N–H and O–H groups in total. The molecule has 0 saturated carbocycles. The lowest BCUT2D eigenvalue weighted by Gasteiger charge is -2.10. The molecule has 1 rings (SSSR count). The highest BCUT2D eigenvalue weighted by atomic mass is 79.9. The number of ether oxygens (including phenoxy) is 1. The van der Waals surface area contributed by atoms with Gasteiger partial charge in [-0.2, -0.15) is 0 Å². The van der Waals surface area contributed by atoms with Crippen LogP contribution in [-0.2, 0) is 0 Å². The van der Waals surface area contributed by atoms with Gasteiger partial charge in [0.25, 0.3) is 0 Å². The van der Waals surface area contributed by atoms with E-state index in [0.717, 1.165) is 24.2 Å². The summed E-state index contributed by atoms with van der Waals surface area (Å²) in [6.07, 6.45) is 2.11. The molecule has 0 aliphatic heterocycles. The van der Waals surface area contributed by atoms with Crippen LogP contribution in [0.5, 0.6) is 5.75 Å². The summed E-state index contributed by atoms with van der Waals surface area (Å²) in [5, 5.41) is 0. The average Bonchev–Trinajstić information content (AvgIpc) is 2.09. The van der Waals surface area contributed by atoms with Crippen molar-refractivity contribution >= 4 is 15.9 Å². The molecule has 0 heterocycles. The summed E-state index contributed by atoms with van der Waals surface area (Å²) in [6.45, 7) is 4.63. The molecule has 14 heavy (non-hydrogen) atoms. The first kappa shape index (κ1) is 11.5. The largest absolute Gasteiger partial charge is 0.492 e. The lowest BCUT2D eigenvalue weighted by molar-refractivity contribution is 0.305. The van der Waals surface area contributed by atoms with Gasteiger partial charge in [-0.15, -0.1) is 0 Å². The summed E-state index contributed by atoms with van der Waals surface area (Å²) in [6, 6.07) is 2.90. The maximum absolute atomic E-state index is 12.9. The van der Waals surface area contributed by atoms with Crippen LogP contribution in [0.4, 0.5) is 4.39 Å². The number of rotatable bonds is 4. The Labute approximate surface area is 92.4 Å². The van der Waals surface area contributed by atoms with Crippen LogP contribution in [0, 0.1) is 12.7 Å². The Bertz CT molecular complexity index is 289. The van der Waals surface area contributed by atoms with Crippen LogP contribution in [0.1, 0.15) is 25.3 Å². The van der Waals surface area contributed by atoms with Crippen molar-refractivity contribution in [3.8, 4) is 5.75 Å². The van der Waals surface area contributed by atoms with Crippen molar-refractivity contribution in [3.63, 3.8) is 0 Å². The van der Waals surface area contributed by atoms with E-state index in [0.29, 0.717) is 11.1 Å². The van der Waals surface area contributed by atoms with Gasteiger partial charge in [-0.25, -0.2) is 4.39 Å². The van der Waals surface area contributed by atoms with Crippen molar-refractivity contribution in [2.75, 3.05) is 6.61 Å². The van der Waals surface area contributed by atoms with Crippen LogP contribution in [0.25, 0.3) is 0 Å². The van der Waals surface area contributed by atoms with Gasteiger partial charge >= 0.3 is 0 Å². The fraction of sp³-hybridized carbons (Fsp3) is 0.455. The normalized spacial score (nSPS) is 10.3. The van der Waals surface area contributed by atoms with Crippen LogP contribution in [-0.4, -0.2) is 6.61 Å². The second kappa shape index (κ2) is 5.35. The molecular formula is C11H14BrFO. The third-order valence-corrected chi connectivity index (χ3v) is 2.53. The molecule has 3 heteroatoms. The topological polar surface area (TPSA) is 9.23 Å². The molecule has 0 saturated heterocycles. The van der Waals surface area contributed by atoms with Crippen molar-refractivity contribution in [2.24, 2.45) is 0 Å². The fourth-order valence-corrected chi connectivity index (χ4v) is 1.84. The van der Waals surface area contributed by atoms with Gasteiger partial charge in [0.1, 0.15) is 11.6 Å². The smallest absolute Gasteiger partial charge is 0.136 e. The van der Waals surface area contributed by atoms with Gasteiger partial charge in [-0.1, -0.05) is 13.3 Å². The number of aryl methyl sites for hydroxylation is 1. The lowest BCUT2D eigenvalue weighted by atomic mass is 10.2. The van der Waals surface area contributed by atoms with Crippen molar-refractivity contribution in [3.05, 3.63) is 28.0 Å². The standard InChI is InChI=1S/C11H14BrFO/c1-3-4-5-14-11-8(2)6-9(13)7-10(11)12/h6-7H,3-5H2,1-2H3. The Balaban J connectivity index is 2.75. The van der Waals surface area contributed by atoms with Crippen molar-refractivity contribution < 1.29 is 9.13 Å². The Hall–Kier alpha value is -0.570. The van der Waals surface area contributed by atoms with E-state index >= 15 is 0 Å². The maximum Gasteiger partial charge on any atom is 0.136 e. The van der Waals surface area contributed by atoms with E-state index in [2.05, 4.69) is 22.9 Å². The molecule has 0 unspecified atom stereocenters. The van der Waals surface area contributed by atoms with Gasteiger partial charge in [0, 0.05) is 0 Å².